The highest BCUT2D eigenvalue weighted by molar-refractivity contribution is 5.84. The van der Waals surface area contributed by atoms with Crippen LogP contribution in [0.5, 0.6) is 0 Å². The average molecular weight is 461 g/mol. The summed E-state index contributed by atoms with van der Waals surface area (Å²) >= 11 is 0. The van der Waals surface area contributed by atoms with E-state index < -0.39 is 24.0 Å². The topological polar surface area (TPSA) is 142 Å². The minimum absolute atomic E-state index is 0. The highest BCUT2D eigenvalue weighted by Crippen LogP contribution is 2.05. The highest BCUT2D eigenvalue weighted by Gasteiger charge is 2.21. The largest absolute Gasteiger partial charge is 0.467 e. The van der Waals surface area contributed by atoms with Crippen molar-refractivity contribution in [1.29, 1.82) is 0 Å². The summed E-state index contributed by atoms with van der Waals surface area (Å²) in [6.07, 6.45) is 0.875. The Hall–Kier alpha value is -3.72. The first kappa shape index (κ1) is 29.3. The maximum Gasteiger partial charge on any atom is 0.328 e. The van der Waals surface area contributed by atoms with Crippen LogP contribution in [0.1, 0.15) is 25.0 Å². The Balaban J connectivity index is 0.000000602. The summed E-state index contributed by atoms with van der Waals surface area (Å²) in [7, 11) is 2.62. The maximum atomic E-state index is 11.4. The van der Waals surface area contributed by atoms with Crippen molar-refractivity contribution < 1.29 is 34.1 Å². The van der Waals surface area contributed by atoms with E-state index in [4.69, 9.17) is 0 Å². The number of methoxy groups -OCH3 is 2. The summed E-state index contributed by atoms with van der Waals surface area (Å²) in [5.41, 5.74) is 1.96. The molecule has 0 aliphatic heterocycles. The van der Waals surface area contributed by atoms with Crippen molar-refractivity contribution >= 4 is 23.8 Å². The number of ether oxygens (including phenoxy) is 2. The summed E-state index contributed by atoms with van der Waals surface area (Å²) in [5.74, 6) is -1.35. The van der Waals surface area contributed by atoms with Crippen molar-refractivity contribution in [1.82, 2.24) is 10.6 Å². The van der Waals surface area contributed by atoms with Gasteiger partial charge in [0.2, 0.25) is 11.8 Å². The van der Waals surface area contributed by atoms with Crippen molar-refractivity contribution in [3.63, 3.8) is 0 Å². The zero-order chi connectivity index (χ0) is 23.9. The fourth-order valence-corrected chi connectivity index (χ4v) is 2.86. The minimum atomic E-state index is -0.620. The molecule has 9 heteroatoms. The Morgan fingerprint density at radius 2 is 0.970 bits per heavy atom. The molecule has 4 N–H and O–H groups in total. The first-order valence-electron chi connectivity index (χ1n) is 10.0. The Morgan fingerprint density at radius 1 is 0.667 bits per heavy atom. The molecule has 0 heterocycles. The average Bonchev–Trinajstić information content (AvgIpc) is 2.78. The fraction of sp³-hybridized carbons (Fsp3) is 0.333. The van der Waals surface area contributed by atoms with Gasteiger partial charge >= 0.3 is 11.9 Å². The van der Waals surface area contributed by atoms with E-state index in [1.165, 1.54) is 28.1 Å². The molecule has 180 valence electrons. The SMILES string of the molecule is COC(=O)[C@H](Cc1ccccc1)NC(C)=O.COC(=O)[C@H](Cc1ccccc1)NC(C)=O.O. The monoisotopic (exact) mass is 460 g/mol. The first-order valence-corrected chi connectivity index (χ1v) is 10.0. The Labute approximate surface area is 193 Å². The molecule has 9 nitrogen and oxygen atoms in total. The maximum absolute atomic E-state index is 11.4. The summed E-state index contributed by atoms with van der Waals surface area (Å²) in [5, 5.41) is 5.13. The molecular formula is C24H32N2O7. The Kier molecular flexibility index (Phi) is 14.2. The molecule has 0 bridgehead atoms. The zero-order valence-corrected chi connectivity index (χ0v) is 19.3. The van der Waals surface area contributed by atoms with Crippen LogP contribution >= 0.6 is 0 Å². The number of hydrogen-bond acceptors (Lipinski definition) is 6. The Bertz CT molecular complexity index is 799. The second kappa shape index (κ2) is 16.0. The fourth-order valence-electron chi connectivity index (χ4n) is 2.86. The number of rotatable bonds is 8. The van der Waals surface area contributed by atoms with E-state index in [0.29, 0.717) is 12.8 Å². The third kappa shape index (κ3) is 12.0. The molecular weight excluding hydrogens is 428 g/mol. The number of benzene rings is 2. The molecule has 0 spiro atoms. The van der Waals surface area contributed by atoms with Crippen molar-refractivity contribution in [2.24, 2.45) is 0 Å². The summed E-state index contributed by atoms with van der Waals surface area (Å²) in [6, 6.07) is 17.7. The van der Waals surface area contributed by atoms with E-state index in [-0.39, 0.29) is 17.3 Å². The number of nitrogens with one attached hydrogen (secondary N) is 2. The van der Waals surface area contributed by atoms with Crippen molar-refractivity contribution in [3.05, 3.63) is 71.8 Å². The molecule has 0 saturated heterocycles. The predicted octanol–water partition coefficient (Wildman–Crippen LogP) is 0.989. The van der Waals surface area contributed by atoms with Crippen LogP contribution in [-0.4, -0.2) is 55.5 Å². The van der Waals surface area contributed by atoms with Gasteiger partial charge in [0.05, 0.1) is 14.2 Å². The third-order valence-electron chi connectivity index (χ3n) is 4.29. The van der Waals surface area contributed by atoms with Crippen LogP contribution in [0.15, 0.2) is 60.7 Å². The van der Waals surface area contributed by atoms with E-state index in [0.717, 1.165) is 11.1 Å². The van der Waals surface area contributed by atoms with Crippen molar-refractivity contribution in [2.45, 2.75) is 38.8 Å². The molecule has 33 heavy (non-hydrogen) atoms. The van der Waals surface area contributed by atoms with Gasteiger partial charge in [-0.2, -0.15) is 0 Å². The summed E-state index contributed by atoms with van der Waals surface area (Å²) < 4.78 is 9.26. The number of carbonyl (C=O) groups excluding carboxylic acids is 4. The van der Waals surface area contributed by atoms with Gasteiger partial charge in [-0.05, 0) is 11.1 Å². The molecule has 0 fully saturated rings. The molecule has 0 aliphatic carbocycles. The second-order valence-electron chi connectivity index (χ2n) is 6.93. The Morgan fingerprint density at radius 3 is 1.21 bits per heavy atom. The van der Waals surface area contributed by atoms with Gasteiger partial charge in [-0.1, -0.05) is 60.7 Å². The van der Waals surface area contributed by atoms with Gasteiger partial charge in [-0.15, -0.1) is 0 Å². The van der Waals surface area contributed by atoms with Crippen LogP contribution in [0.3, 0.4) is 0 Å². The number of hydrogen-bond donors (Lipinski definition) is 2. The van der Waals surface area contributed by atoms with Gasteiger partial charge in [0.15, 0.2) is 0 Å². The lowest BCUT2D eigenvalue weighted by Crippen LogP contribution is -2.41. The second-order valence-corrected chi connectivity index (χ2v) is 6.93. The zero-order valence-electron chi connectivity index (χ0n) is 19.3. The van der Waals surface area contributed by atoms with Crippen LogP contribution in [0.4, 0.5) is 0 Å². The number of carbonyl (C=O) groups is 4. The van der Waals surface area contributed by atoms with E-state index in [2.05, 4.69) is 20.1 Å². The van der Waals surface area contributed by atoms with E-state index in [1.807, 2.05) is 60.7 Å². The molecule has 2 rings (SSSR count). The number of amides is 2. The summed E-state index contributed by atoms with van der Waals surface area (Å²) in [6.45, 7) is 2.75. The van der Waals surface area contributed by atoms with E-state index in [1.54, 1.807) is 0 Å². The molecule has 0 saturated carbocycles. The van der Waals surface area contributed by atoms with Crippen molar-refractivity contribution in [2.75, 3.05) is 14.2 Å². The van der Waals surface area contributed by atoms with E-state index >= 15 is 0 Å². The third-order valence-corrected chi connectivity index (χ3v) is 4.29. The smallest absolute Gasteiger partial charge is 0.328 e. The van der Waals surface area contributed by atoms with Crippen LogP contribution < -0.4 is 10.6 Å². The minimum Gasteiger partial charge on any atom is -0.467 e. The first-order chi connectivity index (χ1) is 15.3. The molecule has 2 atom stereocenters. The van der Waals surface area contributed by atoms with Crippen LogP contribution in [0.2, 0.25) is 0 Å². The molecule has 2 amide bonds. The van der Waals surface area contributed by atoms with Crippen molar-refractivity contribution in [3.8, 4) is 0 Å². The van der Waals surface area contributed by atoms with Crippen LogP contribution in [0.25, 0.3) is 0 Å². The van der Waals surface area contributed by atoms with Gasteiger partial charge < -0.3 is 25.6 Å². The van der Waals surface area contributed by atoms with Crippen LogP contribution in [0, 0.1) is 0 Å². The summed E-state index contributed by atoms with van der Waals surface area (Å²) in [4.78, 5) is 44.7. The van der Waals surface area contributed by atoms with Gasteiger partial charge in [-0.3, -0.25) is 9.59 Å². The quantitative estimate of drug-likeness (QED) is 0.563. The van der Waals surface area contributed by atoms with Gasteiger partial charge in [-0.25, -0.2) is 9.59 Å². The molecule has 0 aromatic heterocycles. The molecule has 0 radical (unpaired) electrons. The lowest BCUT2D eigenvalue weighted by Gasteiger charge is -2.15. The molecule has 0 aliphatic rings. The van der Waals surface area contributed by atoms with E-state index in [9.17, 15) is 19.2 Å². The lowest BCUT2D eigenvalue weighted by molar-refractivity contribution is -0.145. The molecule has 2 aromatic carbocycles. The van der Waals surface area contributed by atoms with Gasteiger partial charge in [0.25, 0.3) is 0 Å². The van der Waals surface area contributed by atoms with Gasteiger partial charge in [0.1, 0.15) is 12.1 Å². The standard InChI is InChI=1S/2C12H15NO3.H2O/c2*1-9(14)13-11(12(15)16-2)8-10-6-4-3-5-7-10;/h2*3-7,11H,8H2,1-2H3,(H,13,14);1H2/t2*11-;/m00./s1. The lowest BCUT2D eigenvalue weighted by atomic mass is 10.1. The van der Waals surface area contributed by atoms with Crippen LogP contribution in [-0.2, 0) is 41.5 Å². The number of esters is 2. The highest BCUT2D eigenvalue weighted by atomic mass is 16.5. The normalized spacial score (nSPS) is 11.3. The van der Waals surface area contributed by atoms with Gasteiger partial charge in [0, 0.05) is 26.7 Å². The predicted molar refractivity (Wildman–Crippen MR) is 123 cm³/mol. The molecule has 0 unspecified atom stereocenters. The molecule has 2 aromatic rings.